The summed E-state index contributed by atoms with van der Waals surface area (Å²) >= 11 is 2.59. The van der Waals surface area contributed by atoms with Crippen LogP contribution >= 0.6 is 23.5 Å². The van der Waals surface area contributed by atoms with Gasteiger partial charge in [0.1, 0.15) is 10.5 Å². The van der Waals surface area contributed by atoms with Gasteiger partial charge in [0.25, 0.3) is 0 Å². The molecule has 2 aliphatic rings. The molecule has 0 bridgehead atoms. The number of hydrogen-bond donors (Lipinski definition) is 6. The summed E-state index contributed by atoms with van der Waals surface area (Å²) in [6, 6.07) is 13.8. The van der Waals surface area contributed by atoms with E-state index in [0.717, 1.165) is 35.7 Å². The molecule has 0 radical (unpaired) electrons. The monoisotopic (exact) mass is 530 g/mol. The predicted molar refractivity (Wildman–Crippen MR) is 142 cm³/mol. The highest BCUT2D eigenvalue weighted by molar-refractivity contribution is 8.00. The van der Waals surface area contributed by atoms with E-state index in [4.69, 9.17) is 0 Å². The number of amides is 2. The molecule has 11 heteroatoms. The van der Waals surface area contributed by atoms with Crippen molar-refractivity contribution in [1.82, 2.24) is 10.6 Å². The first-order valence-electron chi connectivity index (χ1n) is 11.9. The molecule has 2 heterocycles. The fourth-order valence-electron chi connectivity index (χ4n) is 4.45. The molecule has 9 nitrogen and oxygen atoms in total. The molecular weight excluding hydrogens is 500 g/mol. The van der Waals surface area contributed by atoms with E-state index >= 15 is 0 Å². The first-order chi connectivity index (χ1) is 17.4. The van der Waals surface area contributed by atoms with Crippen LogP contribution in [-0.4, -0.2) is 64.9 Å². The fourth-order valence-corrected chi connectivity index (χ4v) is 6.79. The Balaban J connectivity index is 1.36. The molecular formula is C25H30N4O5S2. The van der Waals surface area contributed by atoms with Crippen molar-refractivity contribution in [2.45, 2.75) is 33.1 Å². The Morgan fingerprint density at radius 2 is 1.22 bits per heavy atom. The average molecular weight is 531 g/mol. The van der Waals surface area contributed by atoms with Gasteiger partial charge in [-0.3, -0.25) is 9.59 Å². The lowest BCUT2D eigenvalue weighted by Gasteiger charge is -2.19. The normalized spacial score (nSPS) is 21.0. The van der Waals surface area contributed by atoms with Crippen molar-refractivity contribution < 1.29 is 24.6 Å². The molecule has 36 heavy (non-hydrogen) atoms. The highest BCUT2D eigenvalue weighted by atomic mass is 32.2. The summed E-state index contributed by atoms with van der Waals surface area (Å²) in [5.41, 5.74) is 1.10. The Morgan fingerprint density at radius 3 is 1.58 bits per heavy atom. The van der Waals surface area contributed by atoms with E-state index in [-0.39, 0.29) is 11.8 Å². The van der Waals surface area contributed by atoms with Crippen LogP contribution in [0.5, 0.6) is 0 Å². The summed E-state index contributed by atoms with van der Waals surface area (Å²) in [4.78, 5) is 37.8. The molecule has 2 aromatic carbocycles. The van der Waals surface area contributed by atoms with Crippen molar-refractivity contribution in [1.29, 1.82) is 0 Å². The smallest absolute Gasteiger partial charge is 0.323 e. The lowest BCUT2D eigenvalue weighted by Crippen LogP contribution is -2.28. The molecule has 192 valence electrons. The van der Waals surface area contributed by atoms with E-state index in [1.165, 1.54) is 23.5 Å². The van der Waals surface area contributed by atoms with Crippen LogP contribution in [0.3, 0.4) is 0 Å². The van der Waals surface area contributed by atoms with Gasteiger partial charge in [-0.1, -0.05) is 12.1 Å². The SMILES string of the molecule is O=C(Nc1cccc(SC(C(=O)O)[C@H]2CCNC2)c1)Nc1cccc(SC(C(=O)O)[C@H]2CCNC2)c1. The Hall–Kier alpha value is -2.73. The minimum absolute atomic E-state index is 0.0585. The number of rotatable bonds is 10. The lowest BCUT2D eigenvalue weighted by atomic mass is 10.1. The van der Waals surface area contributed by atoms with Gasteiger partial charge in [0.2, 0.25) is 0 Å². The van der Waals surface area contributed by atoms with E-state index in [9.17, 15) is 24.6 Å². The van der Waals surface area contributed by atoms with Crippen molar-refractivity contribution in [3.05, 3.63) is 48.5 Å². The molecule has 2 amide bonds. The zero-order valence-corrected chi connectivity index (χ0v) is 21.2. The molecule has 2 fully saturated rings. The molecule has 0 spiro atoms. The predicted octanol–water partition coefficient (Wildman–Crippen LogP) is 3.64. The summed E-state index contributed by atoms with van der Waals surface area (Å²) in [6.07, 6.45) is 1.65. The molecule has 2 aliphatic heterocycles. The van der Waals surface area contributed by atoms with Crippen molar-refractivity contribution in [2.24, 2.45) is 11.8 Å². The molecule has 0 aromatic heterocycles. The van der Waals surface area contributed by atoms with Gasteiger partial charge < -0.3 is 31.5 Å². The number of nitrogens with one attached hydrogen (secondary N) is 4. The van der Waals surface area contributed by atoms with E-state index in [2.05, 4.69) is 21.3 Å². The second kappa shape index (κ2) is 12.5. The fraction of sp³-hybridized carbons (Fsp3) is 0.400. The number of carbonyl (C=O) groups is 3. The first kappa shape index (κ1) is 26.3. The van der Waals surface area contributed by atoms with Crippen LogP contribution in [-0.2, 0) is 9.59 Å². The quantitative estimate of drug-likeness (QED) is 0.254. The maximum atomic E-state index is 12.6. The van der Waals surface area contributed by atoms with Crippen LogP contribution in [0.15, 0.2) is 58.3 Å². The van der Waals surface area contributed by atoms with Crippen LogP contribution in [0.1, 0.15) is 12.8 Å². The van der Waals surface area contributed by atoms with E-state index < -0.39 is 28.5 Å². The van der Waals surface area contributed by atoms with Gasteiger partial charge in [-0.2, -0.15) is 0 Å². The number of thioether (sulfide) groups is 2. The molecule has 0 aliphatic carbocycles. The Bertz CT molecular complexity index is 1010. The topological polar surface area (TPSA) is 140 Å². The molecule has 0 saturated carbocycles. The zero-order valence-electron chi connectivity index (χ0n) is 19.6. The standard InChI is InChI=1S/C25H30N4O5S2/c30-23(31)21(15-7-9-26-13-15)35-19-5-1-3-17(11-19)28-25(34)29-18-4-2-6-20(12-18)36-22(24(32)33)16-8-10-27-14-16/h1-6,11-12,15-16,21-22,26-27H,7-10,13-14H2,(H,30,31)(H,32,33)(H2,28,29,34)/t15-,16-,21?,22?/m0/s1. The van der Waals surface area contributed by atoms with Crippen molar-refractivity contribution in [2.75, 3.05) is 36.8 Å². The summed E-state index contributed by atoms with van der Waals surface area (Å²) in [7, 11) is 0. The average Bonchev–Trinajstić information content (AvgIpc) is 3.56. The van der Waals surface area contributed by atoms with E-state index in [1.807, 2.05) is 12.1 Å². The van der Waals surface area contributed by atoms with E-state index in [1.54, 1.807) is 36.4 Å². The summed E-state index contributed by atoms with van der Waals surface area (Å²) in [5, 5.41) is 30.3. The number of benzene rings is 2. The summed E-state index contributed by atoms with van der Waals surface area (Å²) in [6.45, 7) is 3.02. The third kappa shape index (κ3) is 7.16. The second-order valence-corrected chi connectivity index (χ2v) is 11.3. The van der Waals surface area contributed by atoms with Crippen LogP contribution in [0.4, 0.5) is 16.2 Å². The van der Waals surface area contributed by atoms with Crippen molar-refractivity contribution >= 4 is 52.9 Å². The number of carbonyl (C=O) groups excluding carboxylic acids is 1. The number of carboxylic acids is 2. The Kier molecular flexibility index (Phi) is 9.13. The molecule has 2 saturated heterocycles. The molecule has 4 atom stereocenters. The number of anilines is 2. The summed E-state index contributed by atoms with van der Waals surface area (Å²) < 4.78 is 0. The zero-order chi connectivity index (χ0) is 25.5. The third-order valence-electron chi connectivity index (χ3n) is 6.25. The summed E-state index contributed by atoms with van der Waals surface area (Å²) in [5.74, 6) is -1.56. The number of urea groups is 1. The van der Waals surface area contributed by atoms with Gasteiger partial charge in [0.05, 0.1) is 0 Å². The van der Waals surface area contributed by atoms with Crippen molar-refractivity contribution in [3.63, 3.8) is 0 Å². The van der Waals surface area contributed by atoms with Gasteiger partial charge in [-0.05, 0) is 87.3 Å². The maximum Gasteiger partial charge on any atom is 0.323 e. The van der Waals surface area contributed by atoms with Crippen LogP contribution in [0.25, 0.3) is 0 Å². The first-order valence-corrected chi connectivity index (χ1v) is 13.6. The van der Waals surface area contributed by atoms with Crippen LogP contribution in [0.2, 0.25) is 0 Å². The Labute approximate surface area is 218 Å². The number of aliphatic carboxylic acids is 2. The second-order valence-electron chi connectivity index (χ2n) is 8.89. The Morgan fingerprint density at radius 1 is 0.778 bits per heavy atom. The largest absolute Gasteiger partial charge is 0.480 e. The molecule has 6 N–H and O–H groups in total. The van der Waals surface area contributed by atoms with Crippen LogP contribution < -0.4 is 21.3 Å². The number of hydrogen-bond acceptors (Lipinski definition) is 7. The minimum atomic E-state index is -0.836. The van der Waals surface area contributed by atoms with Gasteiger partial charge >= 0.3 is 18.0 Å². The third-order valence-corrected chi connectivity index (χ3v) is 8.98. The molecule has 4 rings (SSSR count). The van der Waals surface area contributed by atoms with Gasteiger partial charge in [-0.15, -0.1) is 23.5 Å². The lowest BCUT2D eigenvalue weighted by molar-refractivity contribution is -0.138. The van der Waals surface area contributed by atoms with Gasteiger partial charge in [0.15, 0.2) is 0 Å². The van der Waals surface area contributed by atoms with E-state index in [0.29, 0.717) is 24.5 Å². The highest BCUT2D eigenvalue weighted by Gasteiger charge is 2.32. The maximum absolute atomic E-state index is 12.6. The molecule has 2 unspecified atom stereocenters. The highest BCUT2D eigenvalue weighted by Crippen LogP contribution is 2.34. The molecule has 2 aromatic rings. The minimum Gasteiger partial charge on any atom is -0.480 e. The van der Waals surface area contributed by atoms with Crippen molar-refractivity contribution in [3.8, 4) is 0 Å². The number of carboxylic acid groups (broad SMARTS) is 2. The van der Waals surface area contributed by atoms with Gasteiger partial charge in [-0.25, -0.2) is 4.79 Å². The van der Waals surface area contributed by atoms with Gasteiger partial charge in [0, 0.05) is 21.2 Å². The van der Waals surface area contributed by atoms with Crippen LogP contribution in [0, 0.1) is 11.8 Å².